The Morgan fingerprint density at radius 2 is 2.29 bits per heavy atom. The van der Waals surface area contributed by atoms with Gasteiger partial charge in [0.15, 0.2) is 0 Å². The van der Waals surface area contributed by atoms with Crippen LogP contribution in [0.5, 0.6) is 0 Å². The van der Waals surface area contributed by atoms with E-state index >= 15 is 0 Å². The molecule has 21 heavy (non-hydrogen) atoms. The van der Waals surface area contributed by atoms with E-state index in [0.29, 0.717) is 11.7 Å². The van der Waals surface area contributed by atoms with Gasteiger partial charge in [0.2, 0.25) is 5.91 Å². The molecule has 1 aromatic rings. The van der Waals surface area contributed by atoms with Crippen molar-refractivity contribution < 1.29 is 4.79 Å². The summed E-state index contributed by atoms with van der Waals surface area (Å²) < 4.78 is 0. The molecule has 2 atom stereocenters. The van der Waals surface area contributed by atoms with Crippen LogP contribution in [0, 0.1) is 11.3 Å². The Bertz CT molecular complexity index is 514. The molecule has 0 radical (unpaired) electrons. The number of carbonyl (C=O) groups is 1. The monoisotopic (exact) mass is 288 g/mol. The number of nitrogens with zero attached hydrogens (tertiary/aromatic N) is 2. The fraction of sp³-hybridized carbons (Fsp3) is 0.625. The molecule has 0 bridgehead atoms. The number of hydrogen-bond acceptors (Lipinski definition) is 4. The molecular formula is C16H24N4O. The lowest BCUT2D eigenvalue weighted by Gasteiger charge is -2.36. The Hall–Kier alpha value is -1.62. The van der Waals surface area contributed by atoms with Crippen molar-refractivity contribution in [2.75, 3.05) is 37.4 Å². The summed E-state index contributed by atoms with van der Waals surface area (Å²) in [6, 6.07) is 3.86. The van der Waals surface area contributed by atoms with E-state index in [1.54, 1.807) is 6.20 Å². The highest BCUT2D eigenvalue weighted by atomic mass is 16.2. The zero-order valence-corrected chi connectivity index (χ0v) is 12.9. The molecule has 2 fully saturated rings. The average molecular weight is 288 g/mol. The summed E-state index contributed by atoms with van der Waals surface area (Å²) in [5, 5.41) is 6.44. The van der Waals surface area contributed by atoms with Crippen LogP contribution in [0.4, 0.5) is 11.5 Å². The molecule has 1 aliphatic heterocycles. The number of amides is 1. The molecule has 5 heteroatoms. The van der Waals surface area contributed by atoms with Crippen molar-refractivity contribution in [2.24, 2.45) is 11.3 Å². The van der Waals surface area contributed by atoms with E-state index in [1.165, 1.54) is 6.42 Å². The maximum Gasteiger partial charge on any atom is 0.233 e. The van der Waals surface area contributed by atoms with Crippen LogP contribution in [-0.2, 0) is 4.79 Å². The number of fused-ring (bicyclic) bond motifs is 1. The van der Waals surface area contributed by atoms with Gasteiger partial charge in [-0.25, -0.2) is 4.98 Å². The normalized spacial score (nSPS) is 28.0. The van der Waals surface area contributed by atoms with E-state index in [2.05, 4.69) is 15.6 Å². The van der Waals surface area contributed by atoms with Crippen LogP contribution in [0.15, 0.2) is 18.3 Å². The molecule has 2 aliphatic rings. The number of anilines is 2. The quantitative estimate of drug-likeness (QED) is 0.891. The van der Waals surface area contributed by atoms with Crippen LogP contribution < -0.4 is 15.5 Å². The fourth-order valence-corrected chi connectivity index (χ4v) is 3.66. The Morgan fingerprint density at radius 1 is 1.43 bits per heavy atom. The predicted molar refractivity (Wildman–Crippen MR) is 84.5 cm³/mol. The minimum Gasteiger partial charge on any atom is -0.376 e. The zero-order chi connectivity index (χ0) is 14.9. The number of pyridine rings is 1. The van der Waals surface area contributed by atoms with E-state index in [0.717, 1.165) is 38.0 Å². The zero-order valence-electron chi connectivity index (χ0n) is 12.9. The maximum absolute atomic E-state index is 12.8. The number of nitrogens with one attached hydrogen (secondary N) is 2. The van der Waals surface area contributed by atoms with Crippen LogP contribution >= 0.6 is 0 Å². The first-order valence-corrected chi connectivity index (χ1v) is 7.77. The molecule has 3 rings (SSSR count). The van der Waals surface area contributed by atoms with Crippen LogP contribution in [0.25, 0.3) is 0 Å². The number of carbonyl (C=O) groups excluding carboxylic acids is 1. The first-order chi connectivity index (χ1) is 10.1. The van der Waals surface area contributed by atoms with Crippen molar-refractivity contribution in [3.05, 3.63) is 18.3 Å². The molecule has 2 heterocycles. The summed E-state index contributed by atoms with van der Waals surface area (Å²) in [4.78, 5) is 19.1. The number of rotatable bonds is 3. The lowest BCUT2D eigenvalue weighted by atomic mass is 9.67. The van der Waals surface area contributed by atoms with Crippen molar-refractivity contribution >= 4 is 17.4 Å². The molecule has 1 aliphatic carbocycles. The molecule has 2 N–H and O–H groups in total. The van der Waals surface area contributed by atoms with Crippen molar-refractivity contribution in [1.82, 2.24) is 10.3 Å². The SMILES string of the molecule is CN(C)c1ccc(NC(=O)[C@@]23CCCC[C@H]2CNC3)nc1. The standard InChI is InChI=1S/C16H24N4O/c1-20(2)13-6-7-14(18-10-13)19-15(21)16-8-4-3-5-12(16)9-17-11-16/h6-7,10,12,17H,3-5,8-9,11H2,1-2H3,(H,18,19,21)/t12-,16+/m0/s1. The average Bonchev–Trinajstić information content (AvgIpc) is 2.93. The molecule has 1 aromatic heterocycles. The van der Waals surface area contributed by atoms with Crippen LogP contribution in [0.2, 0.25) is 0 Å². The van der Waals surface area contributed by atoms with Crippen molar-refractivity contribution in [1.29, 1.82) is 0 Å². The lowest BCUT2D eigenvalue weighted by Crippen LogP contribution is -2.44. The summed E-state index contributed by atoms with van der Waals surface area (Å²) in [6.07, 6.45) is 6.34. The molecule has 1 amide bonds. The van der Waals surface area contributed by atoms with E-state index in [-0.39, 0.29) is 11.3 Å². The summed E-state index contributed by atoms with van der Waals surface area (Å²) in [5.41, 5.74) is 0.810. The second-order valence-electron chi connectivity index (χ2n) is 6.48. The van der Waals surface area contributed by atoms with Crippen LogP contribution in [0.1, 0.15) is 25.7 Å². The number of aromatic nitrogens is 1. The van der Waals surface area contributed by atoms with Gasteiger partial charge in [-0.2, -0.15) is 0 Å². The van der Waals surface area contributed by atoms with Crippen molar-refractivity contribution in [2.45, 2.75) is 25.7 Å². The smallest absolute Gasteiger partial charge is 0.233 e. The third kappa shape index (κ3) is 2.62. The molecule has 0 spiro atoms. The summed E-state index contributed by atoms with van der Waals surface area (Å²) in [6.45, 7) is 1.78. The highest BCUT2D eigenvalue weighted by Gasteiger charge is 2.49. The van der Waals surface area contributed by atoms with Gasteiger partial charge in [0.25, 0.3) is 0 Å². The minimum atomic E-state index is -0.222. The highest BCUT2D eigenvalue weighted by molar-refractivity contribution is 5.95. The Kier molecular flexibility index (Phi) is 3.85. The van der Waals surface area contributed by atoms with Gasteiger partial charge in [-0.05, 0) is 37.4 Å². The summed E-state index contributed by atoms with van der Waals surface area (Å²) >= 11 is 0. The van der Waals surface area contributed by atoms with Gasteiger partial charge in [0.1, 0.15) is 5.82 Å². The first kappa shape index (κ1) is 14.3. The predicted octanol–water partition coefficient (Wildman–Crippen LogP) is 1.87. The van der Waals surface area contributed by atoms with Gasteiger partial charge < -0.3 is 15.5 Å². The summed E-state index contributed by atoms with van der Waals surface area (Å²) in [7, 11) is 3.95. The van der Waals surface area contributed by atoms with Gasteiger partial charge >= 0.3 is 0 Å². The number of hydrogen-bond donors (Lipinski definition) is 2. The Morgan fingerprint density at radius 3 is 3.00 bits per heavy atom. The third-order valence-electron chi connectivity index (χ3n) is 5.00. The van der Waals surface area contributed by atoms with E-state index in [1.807, 2.05) is 31.1 Å². The van der Waals surface area contributed by atoms with Gasteiger partial charge in [0, 0.05) is 20.6 Å². The largest absolute Gasteiger partial charge is 0.376 e. The van der Waals surface area contributed by atoms with Gasteiger partial charge in [0.05, 0.1) is 17.3 Å². The van der Waals surface area contributed by atoms with Crippen LogP contribution in [-0.4, -0.2) is 38.1 Å². The molecule has 0 aromatic carbocycles. The maximum atomic E-state index is 12.8. The summed E-state index contributed by atoms with van der Waals surface area (Å²) in [5.74, 6) is 1.27. The highest BCUT2D eigenvalue weighted by Crippen LogP contribution is 2.44. The van der Waals surface area contributed by atoms with Crippen LogP contribution in [0.3, 0.4) is 0 Å². The Balaban J connectivity index is 1.73. The van der Waals surface area contributed by atoms with Gasteiger partial charge in [-0.1, -0.05) is 12.8 Å². The van der Waals surface area contributed by atoms with E-state index in [4.69, 9.17) is 0 Å². The Labute approximate surface area is 126 Å². The topological polar surface area (TPSA) is 57.3 Å². The van der Waals surface area contributed by atoms with E-state index in [9.17, 15) is 4.79 Å². The molecule has 5 nitrogen and oxygen atoms in total. The molecule has 1 saturated carbocycles. The first-order valence-electron chi connectivity index (χ1n) is 7.77. The fourth-order valence-electron chi connectivity index (χ4n) is 3.66. The van der Waals surface area contributed by atoms with Crippen molar-refractivity contribution in [3.8, 4) is 0 Å². The second-order valence-corrected chi connectivity index (χ2v) is 6.48. The minimum absolute atomic E-state index is 0.141. The van der Waals surface area contributed by atoms with Gasteiger partial charge in [-0.3, -0.25) is 4.79 Å². The third-order valence-corrected chi connectivity index (χ3v) is 5.00. The van der Waals surface area contributed by atoms with E-state index < -0.39 is 0 Å². The molecule has 114 valence electrons. The second kappa shape index (κ2) is 5.64. The lowest BCUT2D eigenvalue weighted by molar-refractivity contribution is -0.128. The van der Waals surface area contributed by atoms with Gasteiger partial charge in [-0.15, -0.1) is 0 Å². The molecule has 0 unspecified atom stereocenters. The molecule has 1 saturated heterocycles. The molecular weight excluding hydrogens is 264 g/mol. The van der Waals surface area contributed by atoms with Crippen molar-refractivity contribution in [3.63, 3.8) is 0 Å².